The van der Waals surface area contributed by atoms with Gasteiger partial charge in [0.25, 0.3) is 0 Å². The molecule has 2 heterocycles. The molecule has 6 nitrogen and oxygen atoms in total. The van der Waals surface area contributed by atoms with Crippen molar-refractivity contribution in [3.05, 3.63) is 17.3 Å². The molecule has 6 heteroatoms. The molecule has 1 aliphatic heterocycles. The van der Waals surface area contributed by atoms with E-state index in [2.05, 4.69) is 22.5 Å². The van der Waals surface area contributed by atoms with E-state index in [9.17, 15) is 4.79 Å². The Hall–Kier alpha value is -1.40. The molecule has 0 spiro atoms. The van der Waals surface area contributed by atoms with E-state index in [1.54, 1.807) is 0 Å². The van der Waals surface area contributed by atoms with Gasteiger partial charge in [0.1, 0.15) is 5.76 Å². The van der Waals surface area contributed by atoms with Crippen LogP contribution in [0.3, 0.4) is 0 Å². The number of hydrogen-bond acceptors (Lipinski definition) is 5. The molecule has 20 heavy (non-hydrogen) atoms. The van der Waals surface area contributed by atoms with Gasteiger partial charge in [-0.2, -0.15) is 0 Å². The van der Waals surface area contributed by atoms with Crippen molar-refractivity contribution in [2.45, 2.75) is 39.8 Å². The lowest BCUT2D eigenvalue weighted by molar-refractivity contribution is -0.125. The maximum Gasteiger partial charge on any atom is 0.227 e. The van der Waals surface area contributed by atoms with Crippen molar-refractivity contribution >= 4 is 5.91 Å². The second-order valence-electron chi connectivity index (χ2n) is 5.17. The Morgan fingerprint density at radius 3 is 2.85 bits per heavy atom. The average Bonchev–Trinajstić information content (AvgIpc) is 3.01. The first-order valence-electron chi connectivity index (χ1n) is 7.13. The Balaban J connectivity index is 1.84. The average molecular weight is 281 g/mol. The highest BCUT2D eigenvalue weighted by molar-refractivity contribution is 5.79. The summed E-state index contributed by atoms with van der Waals surface area (Å²) < 4.78 is 10.8. The predicted octanol–water partition coefficient (Wildman–Crippen LogP) is 0.922. The minimum atomic E-state index is -0.140. The fourth-order valence-corrected chi connectivity index (χ4v) is 2.25. The van der Waals surface area contributed by atoms with Gasteiger partial charge in [-0.05, 0) is 26.8 Å². The maximum atomic E-state index is 12.2. The van der Waals surface area contributed by atoms with Gasteiger partial charge in [-0.1, -0.05) is 6.92 Å². The fraction of sp³-hybridized carbons (Fsp3) is 0.714. The standard InChI is InChI=1S/C14H23N3O3/c1-4-5-15-12-8-19-7-11(12)14(18)16-6-13-17-9(2)10(3)20-13/h11-12,15H,4-8H2,1-3H3,(H,16,18). The first-order chi connectivity index (χ1) is 9.61. The lowest BCUT2D eigenvalue weighted by atomic mass is 10.0. The molecular weight excluding hydrogens is 258 g/mol. The van der Waals surface area contributed by atoms with E-state index in [0.29, 0.717) is 25.6 Å². The normalized spacial score (nSPS) is 22.1. The van der Waals surface area contributed by atoms with Gasteiger partial charge in [0.15, 0.2) is 0 Å². The predicted molar refractivity (Wildman–Crippen MR) is 74.2 cm³/mol. The zero-order valence-corrected chi connectivity index (χ0v) is 12.4. The summed E-state index contributed by atoms with van der Waals surface area (Å²) >= 11 is 0. The molecular formula is C14H23N3O3. The Labute approximate surface area is 119 Å². The molecule has 0 aromatic carbocycles. The molecule has 0 saturated carbocycles. The third kappa shape index (κ3) is 3.58. The van der Waals surface area contributed by atoms with Gasteiger partial charge < -0.3 is 19.8 Å². The number of aromatic nitrogens is 1. The molecule has 1 amide bonds. The van der Waals surface area contributed by atoms with Crippen LogP contribution in [0.2, 0.25) is 0 Å². The zero-order chi connectivity index (χ0) is 14.5. The molecule has 112 valence electrons. The number of amides is 1. The largest absolute Gasteiger partial charge is 0.444 e. The molecule has 1 aromatic rings. The first-order valence-corrected chi connectivity index (χ1v) is 7.13. The molecule has 2 unspecified atom stereocenters. The molecule has 0 bridgehead atoms. The lowest BCUT2D eigenvalue weighted by Gasteiger charge is -2.17. The molecule has 1 aliphatic rings. The highest BCUT2D eigenvalue weighted by Crippen LogP contribution is 2.14. The summed E-state index contributed by atoms with van der Waals surface area (Å²) in [5.41, 5.74) is 0.862. The van der Waals surface area contributed by atoms with Gasteiger partial charge >= 0.3 is 0 Å². The Morgan fingerprint density at radius 2 is 2.20 bits per heavy atom. The Bertz CT molecular complexity index is 439. The van der Waals surface area contributed by atoms with Crippen LogP contribution < -0.4 is 10.6 Å². The maximum absolute atomic E-state index is 12.2. The van der Waals surface area contributed by atoms with E-state index < -0.39 is 0 Å². The Morgan fingerprint density at radius 1 is 1.40 bits per heavy atom. The minimum absolute atomic E-state index is 0.00962. The van der Waals surface area contributed by atoms with Gasteiger partial charge in [-0.25, -0.2) is 4.98 Å². The fourth-order valence-electron chi connectivity index (χ4n) is 2.25. The van der Waals surface area contributed by atoms with Crippen LogP contribution in [0.4, 0.5) is 0 Å². The third-order valence-electron chi connectivity index (χ3n) is 3.56. The van der Waals surface area contributed by atoms with Crippen molar-refractivity contribution in [1.29, 1.82) is 0 Å². The van der Waals surface area contributed by atoms with E-state index in [4.69, 9.17) is 9.15 Å². The summed E-state index contributed by atoms with van der Waals surface area (Å²) in [5.74, 6) is 1.19. The van der Waals surface area contributed by atoms with E-state index in [-0.39, 0.29) is 17.9 Å². The van der Waals surface area contributed by atoms with Crippen molar-refractivity contribution in [2.75, 3.05) is 19.8 Å². The van der Waals surface area contributed by atoms with Crippen molar-refractivity contribution in [3.63, 3.8) is 0 Å². The molecule has 1 saturated heterocycles. The van der Waals surface area contributed by atoms with Gasteiger partial charge in [0.05, 0.1) is 31.4 Å². The zero-order valence-electron chi connectivity index (χ0n) is 12.4. The first kappa shape index (κ1) is 15.0. The minimum Gasteiger partial charge on any atom is -0.444 e. The van der Waals surface area contributed by atoms with Crippen LogP contribution in [0.25, 0.3) is 0 Å². The van der Waals surface area contributed by atoms with Crippen LogP contribution in [0.5, 0.6) is 0 Å². The van der Waals surface area contributed by atoms with Crippen molar-refractivity contribution < 1.29 is 13.9 Å². The highest BCUT2D eigenvalue weighted by Gasteiger charge is 2.33. The van der Waals surface area contributed by atoms with E-state index in [1.807, 2.05) is 13.8 Å². The SMILES string of the molecule is CCCNC1COCC1C(=O)NCc1nc(C)c(C)o1. The highest BCUT2D eigenvalue weighted by atomic mass is 16.5. The second-order valence-corrected chi connectivity index (χ2v) is 5.17. The summed E-state index contributed by atoms with van der Waals surface area (Å²) in [5, 5.41) is 6.22. The summed E-state index contributed by atoms with van der Waals surface area (Å²) in [4.78, 5) is 16.4. The summed E-state index contributed by atoms with van der Waals surface area (Å²) in [6, 6.07) is 0.1000. The molecule has 2 N–H and O–H groups in total. The van der Waals surface area contributed by atoms with Crippen molar-refractivity contribution in [1.82, 2.24) is 15.6 Å². The van der Waals surface area contributed by atoms with Crippen LogP contribution in [-0.2, 0) is 16.1 Å². The number of aryl methyl sites for hydroxylation is 2. The number of ether oxygens (including phenoxy) is 1. The summed E-state index contributed by atoms with van der Waals surface area (Å²) in [7, 11) is 0. The summed E-state index contributed by atoms with van der Waals surface area (Å²) in [6.45, 7) is 8.14. The lowest BCUT2D eigenvalue weighted by Crippen LogP contribution is -2.44. The van der Waals surface area contributed by atoms with E-state index in [0.717, 1.165) is 24.4 Å². The van der Waals surface area contributed by atoms with E-state index in [1.165, 1.54) is 0 Å². The number of carbonyl (C=O) groups excluding carboxylic acids is 1. The van der Waals surface area contributed by atoms with E-state index >= 15 is 0 Å². The summed E-state index contributed by atoms with van der Waals surface area (Å²) in [6.07, 6.45) is 1.04. The number of nitrogens with one attached hydrogen (secondary N) is 2. The van der Waals surface area contributed by atoms with Gasteiger partial charge in [-0.3, -0.25) is 4.79 Å². The Kier molecular flexibility index (Phi) is 5.14. The number of rotatable bonds is 6. The number of oxazole rings is 1. The molecule has 0 aliphatic carbocycles. The molecule has 1 aromatic heterocycles. The monoisotopic (exact) mass is 281 g/mol. The second kappa shape index (κ2) is 6.85. The van der Waals surface area contributed by atoms with Crippen molar-refractivity contribution in [2.24, 2.45) is 5.92 Å². The third-order valence-corrected chi connectivity index (χ3v) is 3.56. The quantitative estimate of drug-likeness (QED) is 0.811. The van der Waals surface area contributed by atoms with Crippen LogP contribution >= 0.6 is 0 Å². The van der Waals surface area contributed by atoms with Crippen LogP contribution in [-0.4, -0.2) is 36.7 Å². The molecule has 0 radical (unpaired) electrons. The smallest absolute Gasteiger partial charge is 0.227 e. The molecule has 1 fully saturated rings. The topological polar surface area (TPSA) is 76.4 Å². The van der Waals surface area contributed by atoms with Gasteiger partial charge in [0, 0.05) is 6.04 Å². The number of nitrogens with zero attached hydrogens (tertiary/aromatic N) is 1. The van der Waals surface area contributed by atoms with Crippen LogP contribution in [0.1, 0.15) is 30.7 Å². The van der Waals surface area contributed by atoms with Crippen LogP contribution in [0, 0.1) is 19.8 Å². The number of hydrogen-bond donors (Lipinski definition) is 2. The molecule has 2 rings (SSSR count). The van der Waals surface area contributed by atoms with Crippen LogP contribution in [0.15, 0.2) is 4.42 Å². The van der Waals surface area contributed by atoms with Gasteiger partial charge in [-0.15, -0.1) is 0 Å². The van der Waals surface area contributed by atoms with Gasteiger partial charge in [0.2, 0.25) is 11.8 Å². The molecule has 2 atom stereocenters. The number of carbonyl (C=O) groups is 1. The van der Waals surface area contributed by atoms with Crippen molar-refractivity contribution in [3.8, 4) is 0 Å².